The lowest BCUT2D eigenvalue weighted by atomic mass is 10.1. The third kappa shape index (κ3) is 2.07. The molecule has 0 aromatic carbocycles. The highest BCUT2D eigenvalue weighted by Gasteiger charge is 2.11. The van der Waals surface area contributed by atoms with Gasteiger partial charge in [0, 0.05) is 26.5 Å². The summed E-state index contributed by atoms with van der Waals surface area (Å²) in [4.78, 5) is 4.05. The van der Waals surface area contributed by atoms with Crippen LogP contribution in [-0.4, -0.2) is 19.3 Å². The van der Waals surface area contributed by atoms with Crippen LogP contribution in [0.3, 0.4) is 0 Å². The van der Waals surface area contributed by atoms with Gasteiger partial charge in [-0.1, -0.05) is 0 Å². The van der Waals surface area contributed by atoms with Gasteiger partial charge in [0.25, 0.3) is 0 Å². The van der Waals surface area contributed by atoms with Crippen LogP contribution in [0.1, 0.15) is 17.3 Å². The second-order valence-corrected chi connectivity index (χ2v) is 3.76. The first-order valence-corrected chi connectivity index (χ1v) is 4.86. The maximum Gasteiger partial charge on any atom is 0.0946 e. The van der Waals surface area contributed by atoms with Gasteiger partial charge in [-0.15, -0.1) is 0 Å². The molecule has 0 bridgehead atoms. The summed E-state index contributed by atoms with van der Waals surface area (Å²) in [7, 11) is 3.85. The van der Waals surface area contributed by atoms with Crippen LogP contribution in [-0.2, 0) is 20.5 Å². The average Bonchev–Trinajstić information content (AvgIpc) is 2.75. The molecule has 0 radical (unpaired) electrons. The Morgan fingerprint density at radius 2 is 2.20 bits per heavy atom. The molecule has 0 amide bonds. The van der Waals surface area contributed by atoms with E-state index in [1.165, 1.54) is 0 Å². The highest BCUT2D eigenvalue weighted by atomic mass is 15.2. The molecule has 5 heteroatoms. The fourth-order valence-electron chi connectivity index (χ4n) is 1.66. The van der Waals surface area contributed by atoms with E-state index in [0.717, 1.165) is 17.7 Å². The van der Waals surface area contributed by atoms with E-state index < -0.39 is 0 Å². The predicted octanol–water partition coefficient (Wildman–Crippen LogP) is 0.396. The second kappa shape index (κ2) is 3.86. The summed E-state index contributed by atoms with van der Waals surface area (Å²) < 4.78 is 3.73. The summed E-state index contributed by atoms with van der Waals surface area (Å²) in [5.74, 6) is 0. The van der Waals surface area contributed by atoms with Crippen LogP contribution in [0, 0.1) is 0 Å². The second-order valence-electron chi connectivity index (χ2n) is 3.76. The highest BCUT2D eigenvalue weighted by molar-refractivity contribution is 5.12. The van der Waals surface area contributed by atoms with Crippen LogP contribution in [0.2, 0.25) is 0 Å². The first-order chi connectivity index (χ1) is 7.16. The molecule has 0 spiro atoms. The smallest absolute Gasteiger partial charge is 0.0946 e. The summed E-state index contributed by atoms with van der Waals surface area (Å²) in [6.45, 7) is 0. The molecule has 0 fully saturated rings. The number of aryl methyl sites for hydroxylation is 2. The molecule has 0 aliphatic rings. The molecule has 1 unspecified atom stereocenters. The molecule has 0 saturated heterocycles. The maximum atomic E-state index is 6.08. The van der Waals surface area contributed by atoms with Gasteiger partial charge in [0.05, 0.1) is 24.3 Å². The normalized spacial score (nSPS) is 13.0. The van der Waals surface area contributed by atoms with Crippen molar-refractivity contribution in [1.29, 1.82) is 0 Å². The average molecular weight is 205 g/mol. The molecule has 0 aliphatic heterocycles. The third-order valence-corrected chi connectivity index (χ3v) is 2.45. The van der Waals surface area contributed by atoms with Crippen molar-refractivity contribution in [3.8, 4) is 0 Å². The molecule has 0 aliphatic carbocycles. The van der Waals surface area contributed by atoms with Gasteiger partial charge < -0.3 is 10.3 Å². The van der Waals surface area contributed by atoms with E-state index in [4.69, 9.17) is 5.73 Å². The van der Waals surface area contributed by atoms with Crippen LogP contribution in [0.15, 0.2) is 24.9 Å². The summed E-state index contributed by atoms with van der Waals surface area (Å²) in [5, 5.41) is 4.11. The summed E-state index contributed by atoms with van der Waals surface area (Å²) in [6, 6.07) is -0.0262. The molecule has 2 heterocycles. The molecule has 2 aromatic rings. The largest absolute Gasteiger partial charge is 0.336 e. The van der Waals surface area contributed by atoms with Gasteiger partial charge in [-0.25, -0.2) is 4.98 Å². The Morgan fingerprint density at radius 1 is 1.40 bits per heavy atom. The number of nitrogens with zero attached hydrogens (tertiary/aromatic N) is 4. The van der Waals surface area contributed by atoms with Gasteiger partial charge in [-0.05, 0) is 12.0 Å². The fraction of sp³-hybridized carbons (Fsp3) is 0.400. The molecule has 80 valence electrons. The molecule has 2 N–H and O–H groups in total. The number of rotatable bonds is 3. The summed E-state index contributed by atoms with van der Waals surface area (Å²) in [5.41, 5.74) is 8.27. The van der Waals surface area contributed by atoms with E-state index in [0.29, 0.717) is 0 Å². The van der Waals surface area contributed by atoms with Crippen molar-refractivity contribution in [2.24, 2.45) is 19.8 Å². The van der Waals surface area contributed by atoms with Gasteiger partial charge in [-0.3, -0.25) is 4.68 Å². The Hall–Kier alpha value is -1.62. The van der Waals surface area contributed by atoms with E-state index in [9.17, 15) is 0 Å². The van der Waals surface area contributed by atoms with Gasteiger partial charge in [0.1, 0.15) is 0 Å². The number of nitrogens with two attached hydrogens (primary N) is 1. The van der Waals surface area contributed by atoms with E-state index in [1.54, 1.807) is 17.2 Å². The Morgan fingerprint density at radius 3 is 2.73 bits per heavy atom. The van der Waals surface area contributed by atoms with Crippen molar-refractivity contribution < 1.29 is 0 Å². The number of aromatic nitrogens is 4. The summed E-state index contributed by atoms with van der Waals surface area (Å²) in [6.07, 6.45) is 8.18. The zero-order valence-electron chi connectivity index (χ0n) is 8.96. The molecule has 2 aromatic heterocycles. The minimum absolute atomic E-state index is 0.0262. The van der Waals surface area contributed by atoms with Crippen LogP contribution in [0.4, 0.5) is 0 Å². The first-order valence-electron chi connectivity index (χ1n) is 4.86. The van der Waals surface area contributed by atoms with Gasteiger partial charge in [-0.2, -0.15) is 5.10 Å². The lowest BCUT2D eigenvalue weighted by Gasteiger charge is -2.10. The number of imidazole rings is 1. The first kappa shape index (κ1) is 9.92. The Balaban J connectivity index is 2.10. The predicted molar refractivity (Wildman–Crippen MR) is 57.0 cm³/mol. The lowest BCUT2D eigenvalue weighted by molar-refractivity contribution is 0.655. The standard InChI is InChI=1S/C10H15N5/c1-14-7-12-5-10(14)9(11)3-8-4-13-15(2)6-8/h4-7,9H,3,11H2,1-2H3. The van der Waals surface area contributed by atoms with Crippen molar-refractivity contribution >= 4 is 0 Å². The van der Waals surface area contributed by atoms with E-state index in [2.05, 4.69) is 10.1 Å². The van der Waals surface area contributed by atoms with Crippen molar-refractivity contribution in [1.82, 2.24) is 19.3 Å². The number of hydrogen-bond acceptors (Lipinski definition) is 3. The Bertz CT molecular complexity index is 442. The minimum atomic E-state index is -0.0262. The molecule has 5 nitrogen and oxygen atoms in total. The van der Waals surface area contributed by atoms with Gasteiger partial charge in [0.15, 0.2) is 0 Å². The van der Waals surface area contributed by atoms with E-state index >= 15 is 0 Å². The molecule has 15 heavy (non-hydrogen) atoms. The van der Waals surface area contributed by atoms with Crippen molar-refractivity contribution in [3.63, 3.8) is 0 Å². The Labute approximate surface area is 88.5 Å². The van der Waals surface area contributed by atoms with Gasteiger partial charge >= 0.3 is 0 Å². The number of hydrogen-bond donors (Lipinski definition) is 1. The van der Waals surface area contributed by atoms with Crippen LogP contribution in [0.5, 0.6) is 0 Å². The van der Waals surface area contributed by atoms with Crippen LogP contribution < -0.4 is 5.73 Å². The lowest BCUT2D eigenvalue weighted by Crippen LogP contribution is -2.16. The molecule has 0 saturated carbocycles. The summed E-state index contributed by atoms with van der Waals surface area (Å²) >= 11 is 0. The fourth-order valence-corrected chi connectivity index (χ4v) is 1.66. The zero-order chi connectivity index (χ0) is 10.8. The van der Waals surface area contributed by atoms with Crippen molar-refractivity contribution in [2.75, 3.05) is 0 Å². The molecular weight excluding hydrogens is 190 g/mol. The maximum absolute atomic E-state index is 6.08. The molecule has 1 atom stereocenters. The van der Waals surface area contributed by atoms with Crippen molar-refractivity contribution in [3.05, 3.63) is 36.2 Å². The van der Waals surface area contributed by atoms with E-state index in [1.807, 2.05) is 31.1 Å². The van der Waals surface area contributed by atoms with Crippen molar-refractivity contribution in [2.45, 2.75) is 12.5 Å². The SMILES string of the molecule is Cn1cc(CC(N)c2cncn2C)cn1. The Kier molecular flexibility index (Phi) is 2.55. The van der Waals surface area contributed by atoms with Gasteiger partial charge in [0.2, 0.25) is 0 Å². The third-order valence-electron chi connectivity index (χ3n) is 2.45. The van der Waals surface area contributed by atoms with E-state index in [-0.39, 0.29) is 6.04 Å². The molecule has 2 rings (SSSR count). The minimum Gasteiger partial charge on any atom is -0.336 e. The van der Waals surface area contributed by atoms with Crippen LogP contribution >= 0.6 is 0 Å². The molecular formula is C10H15N5. The van der Waals surface area contributed by atoms with Crippen LogP contribution in [0.25, 0.3) is 0 Å². The zero-order valence-corrected chi connectivity index (χ0v) is 8.96. The monoisotopic (exact) mass is 205 g/mol. The highest BCUT2D eigenvalue weighted by Crippen LogP contribution is 2.14. The topological polar surface area (TPSA) is 61.7 Å². The quantitative estimate of drug-likeness (QED) is 0.788.